The van der Waals surface area contributed by atoms with E-state index in [0.717, 1.165) is 0 Å². The van der Waals surface area contributed by atoms with E-state index in [2.05, 4.69) is 16.0 Å². The second-order valence-electron chi connectivity index (χ2n) is 4.03. The summed E-state index contributed by atoms with van der Waals surface area (Å²) in [4.78, 5) is 35.3. The molecule has 3 atom stereocenters. The third-order valence-corrected chi connectivity index (χ3v) is 3.55. The molecule has 9 heteroatoms. The molecule has 2 rings (SSSR count). The average Bonchev–Trinajstić information content (AvgIpc) is 2.76. The van der Waals surface area contributed by atoms with Gasteiger partial charge in [-0.3, -0.25) is 4.90 Å². The van der Waals surface area contributed by atoms with Crippen molar-refractivity contribution in [1.82, 2.24) is 20.9 Å². The van der Waals surface area contributed by atoms with Gasteiger partial charge in [0.25, 0.3) is 0 Å². The molecule has 2 heterocycles. The molecule has 2 fully saturated rings. The van der Waals surface area contributed by atoms with Crippen molar-refractivity contribution in [3.63, 3.8) is 0 Å². The fourth-order valence-electron chi connectivity index (χ4n) is 2.10. The van der Waals surface area contributed by atoms with Gasteiger partial charge in [0.15, 0.2) is 0 Å². The summed E-state index contributed by atoms with van der Waals surface area (Å²) in [7, 11) is 0. The van der Waals surface area contributed by atoms with Crippen molar-refractivity contribution in [1.29, 1.82) is 0 Å². The van der Waals surface area contributed by atoms with Gasteiger partial charge in [-0.25, -0.2) is 14.4 Å². The van der Waals surface area contributed by atoms with Crippen LogP contribution in [-0.2, 0) is 4.79 Å². The Kier molecular flexibility index (Phi) is 3.50. The third-order valence-electron chi connectivity index (χ3n) is 2.91. The van der Waals surface area contributed by atoms with Gasteiger partial charge in [-0.15, -0.1) is 0 Å². The molecule has 4 amide bonds. The maximum absolute atomic E-state index is 11.8. The number of amides is 4. The van der Waals surface area contributed by atoms with Crippen molar-refractivity contribution in [2.24, 2.45) is 0 Å². The lowest BCUT2D eigenvalue weighted by atomic mass is 10.2. The number of hydrogen-bond acceptors (Lipinski definition) is 4. The minimum absolute atomic E-state index is 0.336. The molecule has 0 spiro atoms. The van der Waals surface area contributed by atoms with Gasteiger partial charge in [0, 0.05) is 0 Å². The smallest absolute Gasteiger partial charge is 0.326 e. The van der Waals surface area contributed by atoms with Crippen LogP contribution in [-0.4, -0.2) is 58.4 Å². The Labute approximate surface area is 107 Å². The Morgan fingerprint density at radius 1 is 1.44 bits per heavy atom. The standard InChI is InChI=1S/C9H14N4O4S/c1-18-3-2-4(7(14)15)13-6-5(11-9(13)17)10-8(16)12-6/h4-6H,2-3H2,1H3,(H,11,17)(H,14,15)(H2,10,12,16)/t4-,5-,6-/m1/s1. The number of aliphatic carboxylic acids is 1. The van der Waals surface area contributed by atoms with Gasteiger partial charge in [-0.1, -0.05) is 0 Å². The SMILES string of the molecule is CSCC[C@H](C(=O)O)N1C(=O)N[C@H]2NC(=O)N[C@@H]21. The monoisotopic (exact) mass is 274 g/mol. The van der Waals surface area contributed by atoms with Gasteiger partial charge in [0.2, 0.25) is 0 Å². The summed E-state index contributed by atoms with van der Waals surface area (Å²) >= 11 is 1.51. The first-order chi connectivity index (χ1) is 8.54. The number of carboxylic acids is 1. The van der Waals surface area contributed by atoms with E-state index in [0.29, 0.717) is 12.2 Å². The minimum atomic E-state index is -1.07. The van der Waals surface area contributed by atoms with Crippen LogP contribution in [0.4, 0.5) is 9.59 Å². The normalized spacial score (nSPS) is 27.3. The van der Waals surface area contributed by atoms with Gasteiger partial charge in [0.1, 0.15) is 18.4 Å². The Morgan fingerprint density at radius 2 is 2.17 bits per heavy atom. The molecule has 18 heavy (non-hydrogen) atoms. The number of carboxylic acid groups (broad SMARTS) is 1. The molecule has 0 saturated carbocycles. The summed E-state index contributed by atoms with van der Waals surface area (Å²) in [5.41, 5.74) is 0. The second kappa shape index (κ2) is 4.92. The van der Waals surface area contributed by atoms with Crippen molar-refractivity contribution >= 4 is 29.8 Å². The molecular weight excluding hydrogens is 260 g/mol. The molecule has 0 aromatic rings. The van der Waals surface area contributed by atoms with Gasteiger partial charge < -0.3 is 21.1 Å². The van der Waals surface area contributed by atoms with Gasteiger partial charge in [-0.2, -0.15) is 11.8 Å². The highest BCUT2D eigenvalue weighted by molar-refractivity contribution is 7.98. The first-order valence-electron chi connectivity index (χ1n) is 5.42. The van der Waals surface area contributed by atoms with Crippen LogP contribution in [0, 0.1) is 0 Å². The second-order valence-corrected chi connectivity index (χ2v) is 5.02. The maximum Gasteiger partial charge on any atom is 0.326 e. The molecule has 0 radical (unpaired) electrons. The Morgan fingerprint density at radius 3 is 2.78 bits per heavy atom. The lowest BCUT2D eigenvalue weighted by Gasteiger charge is -2.27. The van der Waals surface area contributed by atoms with Gasteiger partial charge in [-0.05, 0) is 18.4 Å². The zero-order chi connectivity index (χ0) is 13.3. The van der Waals surface area contributed by atoms with E-state index in [9.17, 15) is 19.5 Å². The zero-order valence-corrected chi connectivity index (χ0v) is 10.5. The predicted molar refractivity (Wildman–Crippen MR) is 64.0 cm³/mol. The van der Waals surface area contributed by atoms with E-state index in [1.165, 1.54) is 16.7 Å². The Hall–Kier alpha value is -1.64. The maximum atomic E-state index is 11.8. The number of urea groups is 2. The van der Waals surface area contributed by atoms with E-state index in [4.69, 9.17) is 0 Å². The molecule has 2 aliphatic rings. The van der Waals surface area contributed by atoms with Crippen LogP contribution in [0.25, 0.3) is 0 Å². The van der Waals surface area contributed by atoms with Crippen molar-refractivity contribution in [2.75, 3.05) is 12.0 Å². The largest absolute Gasteiger partial charge is 0.480 e. The van der Waals surface area contributed by atoms with Crippen LogP contribution in [0.5, 0.6) is 0 Å². The van der Waals surface area contributed by atoms with Gasteiger partial charge in [0.05, 0.1) is 0 Å². The van der Waals surface area contributed by atoms with Crippen LogP contribution < -0.4 is 16.0 Å². The van der Waals surface area contributed by atoms with Crippen LogP contribution in [0.15, 0.2) is 0 Å². The summed E-state index contributed by atoms with van der Waals surface area (Å²) in [6, 6.07) is -1.83. The summed E-state index contributed by atoms with van der Waals surface area (Å²) in [6.45, 7) is 0. The zero-order valence-electron chi connectivity index (χ0n) is 9.67. The van der Waals surface area contributed by atoms with Crippen LogP contribution in [0.3, 0.4) is 0 Å². The number of thioether (sulfide) groups is 1. The number of carbonyl (C=O) groups excluding carboxylic acids is 2. The molecule has 2 saturated heterocycles. The molecule has 0 aromatic heterocycles. The summed E-state index contributed by atoms with van der Waals surface area (Å²) < 4.78 is 0. The van der Waals surface area contributed by atoms with Crippen molar-refractivity contribution in [2.45, 2.75) is 24.8 Å². The number of carbonyl (C=O) groups is 3. The highest BCUT2D eigenvalue weighted by atomic mass is 32.2. The summed E-state index contributed by atoms with van der Waals surface area (Å²) in [6.07, 6.45) is 0.988. The highest BCUT2D eigenvalue weighted by Gasteiger charge is 2.49. The van der Waals surface area contributed by atoms with Crippen LogP contribution in [0.1, 0.15) is 6.42 Å². The fraction of sp³-hybridized carbons (Fsp3) is 0.667. The molecule has 0 aromatic carbocycles. The van der Waals surface area contributed by atoms with Crippen molar-refractivity contribution in [3.05, 3.63) is 0 Å². The number of hydrogen-bond donors (Lipinski definition) is 4. The van der Waals surface area contributed by atoms with Crippen molar-refractivity contribution < 1.29 is 19.5 Å². The summed E-state index contributed by atoms with van der Waals surface area (Å²) in [5, 5.41) is 16.8. The minimum Gasteiger partial charge on any atom is -0.480 e. The average molecular weight is 274 g/mol. The highest BCUT2D eigenvalue weighted by Crippen LogP contribution is 2.20. The first kappa shape index (κ1) is 12.8. The first-order valence-corrected chi connectivity index (χ1v) is 6.81. The van der Waals surface area contributed by atoms with E-state index >= 15 is 0 Å². The number of fused-ring (bicyclic) bond motifs is 1. The van der Waals surface area contributed by atoms with E-state index < -0.39 is 36.4 Å². The molecule has 0 bridgehead atoms. The van der Waals surface area contributed by atoms with Gasteiger partial charge >= 0.3 is 18.0 Å². The van der Waals surface area contributed by atoms with E-state index in [1.807, 2.05) is 6.26 Å². The molecule has 0 aliphatic carbocycles. The molecule has 8 nitrogen and oxygen atoms in total. The quantitative estimate of drug-likeness (QED) is 0.523. The number of nitrogens with one attached hydrogen (secondary N) is 3. The fourth-order valence-corrected chi connectivity index (χ4v) is 2.56. The predicted octanol–water partition coefficient (Wildman–Crippen LogP) is -0.817. The number of rotatable bonds is 5. The topological polar surface area (TPSA) is 111 Å². The summed E-state index contributed by atoms with van der Waals surface area (Å²) in [5.74, 6) is -0.444. The Bertz CT molecular complexity index is 391. The van der Waals surface area contributed by atoms with Crippen molar-refractivity contribution in [3.8, 4) is 0 Å². The molecule has 0 unspecified atom stereocenters. The van der Waals surface area contributed by atoms with Crippen LogP contribution >= 0.6 is 11.8 Å². The molecule has 2 aliphatic heterocycles. The third kappa shape index (κ3) is 2.17. The van der Waals surface area contributed by atoms with Crippen LogP contribution in [0.2, 0.25) is 0 Å². The lowest BCUT2D eigenvalue weighted by Crippen LogP contribution is -2.52. The lowest BCUT2D eigenvalue weighted by molar-refractivity contribution is -0.142. The molecule has 4 N–H and O–H groups in total. The Balaban J connectivity index is 2.15. The molecular formula is C9H14N4O4S. The number of nitrogens with zero attached hydrogens (tertiary/aromatic N) is 1. The molecule has 100 valence electrons. The van der Waals surface area contributed by atoms with E-state index in [1.54, 1.807) is 0 Å². The van der Waals surface area contributed by atoms with E-state index in [-0.39, 0.29) is 0 Å².